The highest BCUT2D eigenvalue weighted by Crippen LogP contribution is 2.24. The van der Waals surface area contributed by atoms with Crippen molar-refractivity contribution in [3.05, 3.63) is 28.5 Å². The van der Waals surface area contributed by atoms with Crippen LogP contribution in [0.1, 0.15) is 19.8 Å². The van der Waals surface area contributed by atoms with Gasteiger partial charge < -0.3 is 9.84 Å². The third-order valence-corrected chi connectivity index (χ3v) is 2.48. The number of carboxylic acid groups (broad SMARTS) is 1. The number of ether oxygens (including phenoxy) is 1. The number of carbonyl (C=O) groups is 1. The minimum atomic E-state index is -1.08. The third-order valence-electron chi connectivity index (χ3n) is 1.99. The second-order valence-electron chi connectivity index (χ2n) is 3.31. The van der Waals surface area contributed by atoms with Crippen molar-refractivity contribution < 1.29 is 19.0 Å². The van der Waals surface area contributed by atoms with Crippen LogP contribution in [0.5, 0.6) is 5.75 Å². The van der Waals surface area contributed by atoms with Crippen LogP contribution in [0.2, 0.25) is 0 Å². The van der Waals surface area contributed by atoms with Gasteiger partial charge in [-0.2, -0.15) is 0 Å². The topological polar surface area (TPSA) is 46.5 Å². The molecule has 0 spiro atoms. The summed E-state index contributed by atoms with van der Waals surface area (Å²) < 4.78 is 19.1. The van der Waals surface area contributed by atoms with Crippen molar-refractivity contribution in [1.29, 1.82) is 0 Å². The van der Waals surface area contributed by atoms with E-state index in [1.54, 1.807) is 0 Å². The lowest BCUT2D eigenvalue weighted by Gasteiger charge is -2.14. The van der Waals surface area contributed by atoms with E-state index in [1.165, 1.54) is 18.2 Å². The molecule has 0 radical (unpaired) electrons. The fourth-order valence-corrected chi connectivity index (χ4v) is 1.56. The van der Waals surface area contributed by atoms with Crippen LogP contribution in [0.4, 0.5) is 4.39 Å². The zero-order chi connectivity index (χ0) is 12.1. The lowest BCUT2D eigenvalue weighted by Crippen LogP contribution is -2.27. The average molecular weight is 291 g/mol. The van der Waals surface area contributed by atoms with E-state index in [1.807, 2.05) is 6.92 Å². The minimum absolute atomic E-state index is 0.0461. The molecule has 0 fully saturated rings. The summed E-state index contributed by atoms with van der Waals surface area (Å²) in [6, 6.07) is 4.17. The number of hydrogen-bond acceptors (Lipinski definition) is 2. The smallest absolute Gasteiger partial charge is 0.344 e. The molecule has 1 atom stereocenters. The summed E-state index contributed by atoms with van der Waals surface area (Å²) in [5.74, 6) is -1.69. The summed E-state index contributed by atoms with van der Waals surface area (Å²) in [4.78, 5) is 10.8. The number of hydrogen-bond donors (Lipinski definition) is 1. The van der Waals surface area contributed by atoms with Crippen LogP contribution in [0, 0.1) is 5.82 Å². The van der Waals surface area contributed by atoms with Gasteiger partial charge in [-0.05, 0) is 24.6 Å². The second kappa shape index (κ2) is 5.84. The Morgan fingerprint density at radius 1 is 1.62 bits per heavy atom. The largest absolute Gasteiger partial charge is 0.479 e. The molecule has 0 aromatic heterocycles. The summed E-state index contributed by atoms with van der Waals surface area (Å²) in [5.41, 5.74) is 0. The first kappa shape index (κ1) is 13.0. The molecular formula is C11H12BrFO3. The number of benzene rings is 1. The van der Waals surface area contributed by atoms with Crippen LogP contribution in [-0.2, 0) is 4.79 Å². The van der Waals surface area contributed by atoms with Crippen molar-refractivity contribution in [2.45, 2.75) is 25.9 Å². The molecule has 0 bridgehead atoms. The molecule has 0 aliphatic rings. The molecule has 1 rings (SSSR count). The Labute approximate surface area is 101 Å². The van der Waals surface area contributed by atoms with E-state index >= 15 is 0 Å². The van der Waals surface area contributed by atoms with Crippen molar-refractivity contribution in [3.63, 3.8) is 0 Å². The molecule has 3 nitrogen and oxygen atoms in total. The van der Waals surface area contributed by atoms with Crippen LogP contribution in [0.15, 0.2) is 22.7 Å². The van der Waals surface area contributed by atoms with Crippen LogP contribution in [0.25, 0.3) is 0 Å². The lowest BCUT2D eigenvalue weighted by atomic mass is 10.2. The van der Waals surface area contributed by atoms with Gasteiger partial charge >= 0.3 is 5.97 Å². The van der Waals surface area contributed by atoms with Gasteiger partial charge in [0.1, 0.15) is 0 Å². The van der Waals surface area contributed by atoms with Crippen molar-refractivity contribution in [2.24, 2.45) is 0 Å². The summed E-state index contributed by atoms with van der Waals surface area (Å²) in [6.07, 6.45) is 0.00207. The van der Waals surface area contributed by atoms with Gasteiger partial charge in [0, 0.05) is 4.47 Å². The molecule has 0 heterocycles. The van der Waals surface area contributed by atoms with Crippen LogP contribution < -0.4 is 4.74 Å². The molecule has 1 N–H and O–H groups in total. The summed E-state index contributed by atoms with van der Waals surface area (Å²) in [5, 5.41) is 8.87. The maximum atomic E-state index is 13.3. The number of aliphatic carboxylic acids is 1. The van der Waals surface area contributed by atoms with Gasteiger partial charge in [-0.25, -0.2) is 9.18 Å². The second-order valence-corrected chi connectivity index (χ2v) is 4.22. The van der Waals surface area contributed by atoms with Gasteiger partial charge in [0.2, 0.25) is 0 Å². The fourth-order valence-electron chi connectivity index (χ4n) is 1.22. The van der Waals surface area contributed by atoms with Gasteiger partial charge in [0.05, 0.1) is 0 Å². The highest BCUT2D eigenvalue weighted by molar-refractivity contribution is 9.10. The normalized spacial score (nSPS) is 12.2. The van der Waals surface area contributed by atoms with Crippen molar-refractivity contribution in [3.8, 4) is 5.75 Å². The zero-order valence-electron chi connectivity index (χ0n) is 8.74. The van der Waals surface area contributed by atoms with E-state index in [4.69, 9.17) is 9.84 Å². The molecule has 0 saturated heterocycles. The number of carboxylic acids is 1. The standard InChI is InChI=1S/C11H12BrFO3/c1-2-3-9(11(14)15)16-10-6-7(12)4-5-8(10)13/h4-6,9H,2-3H2,1H3,(H,14,15). The SMILES string of the molecule is CCCC(Oc1cc(Br)ccc1F)C(=O)O. The Morgan fingerprint density at radius 2 is 2.31 bits per heavy atom. The van der Waals surface area contributed by atoms with Crippen LogP contribution in [-0.4, -0.2) is 17.2 Å². The van der Waals surface area contributed by atoms with Crippen LogP contribution in [0.3, 0.4) is 0 Å². The Bertz CT molecular complexity index is 381. The maximum Gasteiger partial charge on any atom is 0.344 e. The molecule has 0 aliphatic heterocycles. The monoisotopic (exact) mass is 290 g/mol. The lowest BCUT2D eigenvalue weighted by molar-refractivity contribution is -0.145. The molecule has 0 amide bonds. The predicted molar refractivity (Wildman–Crippen MR) is 61.1 cm³/mol. The molecule has 16 heavy (non-hydrogen) atoms. The molecule has 5 heteroatoms. The van der Waals surface area contributed by atoms with Gasteiger partial charge in [0.25, 0.3) is 0 Å². The molecule has 0 aliphatic carbocycles. The Balaban J connectivity index is 2.84. The first-order valence-corrected chi connectivity index (χ1v) is 5.68. The van der Waals surface area contributed by atoms with E-state index in [-0.39, 0.29) is 5.75 Å². The maximum absolute atomic E-state index is 13.3. The summed E-state index contributed by atoms with van der Waals surface area (Å²) in [7, 11) is 0. The van der Waals surface area contributed by atoms with Crippen LogP contribution >= 0.6 is 15.9 Å². The first-order valence-electron chi connectivity index (χ1n) is 4.89. The average Bonchev–Trinajstić information content (AvgIpc) is 2.22. The molecular weight excluding hydrogens is 279 g/mol. The Hall–Kier alpha value is -1.10. The molecule has 0 saturated carbocycles. The molecule has 1 unspecified atom stereocenters. The van der Waals surface area contributed by atoms with Gasteiger partial charge in [-0.1, -0.05) is 29.3 Å². The van der Waals surface area contributed by atoms with E-state index in [0.717, 1.165) is 0 Å². The predicted octanol–water partition coefficient (Wildman–Crippen LogP) is 3.22. The van der Waals surface area contributed by atoms with Gasteiger partial charge in [0.15, 0.2) is 17.7 Å². The molecule has 88 valence electrons. The van der Waals surface area contributed by atoms with E-state index in [9.17, 15) is 9.18 Å². The minimum Gasteiger partial charge on any atom is -0.479 e. The summed E-state index contributed by atoms with van der Waals surface area (Å²) >= 11 is 3.17. The molecule has 1 aromatic rings. The fraction of sp³-hybridized carbons (Fsp3) is 0.364. The highest BCUT2D eigenvalue weighted by atomic mass is 79.9. The number of halogens is 2. The summed E-state index contributed by atoms with van der Waals surface area (Å²) in [6.45, 7) is 1.84. The van der Waals surface area contributed by atoms with E-state index in [2.05, 4.69) is 15.9 Å². The number of rotatable bonds is 5. The van der Waals surface area contributed by atoms with E-state index in [0.29, 0.717) is 17.3 Å². The van der Waals surface area contributed by atoms with Crippen molar-refractivity contribution in [1.82, 2.24) is 0 Å². The molecule has 1 aromatic carbocycles. The first-order chi connectivity index (χ1) is 7.54. The van der Waals surface area contributed by atoms with Gasteiger partial charge in [-0.15, -0.1) is 0 Å². The van der Waals surface area contributed by atoms with Gasteiger partial charge in [-0.3, -0.25) is 0 Å². The third kappa shape index (κ3) is 3.48. The van der Waals surface area contributed by atoms with E-state index < -0.39 is 17.9 Å². The Kier molecular flexibility index (Phi) is 4.73. The highest BCUT2D eigenvalue weighted by Gasteiger charge is 2.19. The Morgan fingerprint density at radius 3 is 2.88 bits per heavy atom. The van der Waals surface area contributed by atoms with Crippen molar-refractivity contribution >= 4 is 21.9 Å². The van der Waals surface area contributed by atoms with Crippen molar-refractivity contribution in [2.75, 3.05) is 0 Å². The quantitative estimate of drug-likeness (QED) is 0.906. The zero-order valence-corrected chi connectivity index (χ0v) is 10.3.